The number of benzene rings is 1. The molecule has 2 saturated heterocycles. The Kier molecular flexibility index (Phi) is 5.88. The molecule has 2 N–H and O–H groups in total. The van der Waals surface area contributed by atoms with Crippen molar-refractivity contribution in [2.24, 2.45) is 5.92 Å². The van der Waals surface area contributed by atoms with Crippen molar-refractivity contribution in [3.05, 3.63) is 29.8 Å². The van der Waals surface area contributed by atoms with Crippen LogP contribution in [-0.2, 0) is 19.9 Å². The molecule has 0 aromatic heterocycles. The summed E-state index contributed by atoms with van der Waals surface area (Å²) >= 11 is 0. The molecular formula is C20H28N3O5+. The summed E-state index contributed by atoms with van der Waals surface area (Å²) < 4.78 is 10.4. The van der Waals surface area contributed by atoms with Crippen LogP contribution in [0.3, 0.4) is 0 Å². The number of rotatable bonds is 6. The molecule has 0 radical (unpaired) electrons. The van der Waals surface area contributed by atoms with Gasteiger partial charge in [-0.05, 0) is 44.4 Å². The molecule has 3 rings (SSSR count). The molecule has 2 heterocycles. The molecule has 0 aliphatic carbocycles. The first-order valence-corrected chi connectivity index (χ1v) is 9.68. The summed E-state index contributed by atoms with van der Waals surface area (Å²) in [6, 6.07) is 6.72. The van der Waals surface area contributed by atoms with Crippen molar-refractivity contribution in [3.63, 3.8) is 0 Å². The molecule has 1 aromatic rings. The maximum atomic E-state index is 13.1. The van der Waals surface area contributed by atoms with Gasteiger partial charge in [0.1, 0.15) is 17.2 Å². The normalized spacial score (nSPS) is 27.5. The van der Waals surface area contributed by atoms with E-state index in [9.17, 15) is 14.4 Å². The first kappa shape index (κ1) is 20.1. The lowest BCUT2D eigenvalue weighted by atomic mass is 9.92. The van der Waals surface area contributed by atoms with E-state index in [1.807, 2.05) is 0 Å². The average Bonchev–Trinajstić information content (AvgIpc) is 2.92. The van der Waals surface area contributed by atoms with Gasteiger partial charge in [0.2, 0.25) is 0 Å². The number of hydrogen-bond donors (Lipinski definition) is 2. The minimum Gasteiger partial charge on any atom is -0.497 e. The summed E-state index contributed by atoms with van der Waals surface area (Å²) in [5.74, 6) is -0.0537. The van der Waals surface area contributed by atoms with E-state index >= 15 is 0 Å². The summed E-state index contributed by atoms with van der Waals surface area (Å²) in [6.45, 7) is 5.46. The molecule has 8 nitrogen and oxygen atoms in total. The first-order valence-electron chi connectivity index (χ1n) is 9.68. The van der Waals surface area contributed by atoms with Crippen LogP contribution >= 0.6 is 0 Å². The summed E-state index contributed by atoms with van der Waals surface area (Å²) in [7, 11) is 1.56. The molecule has 2 fully saturated rings. The molecule has 8 heteroatoms. The van der Waals surface area contributed by atoms with Gasteiger partial charge in [0.05, 0.1) is 26.8 Å². The minimum absolute atomic E-state index is 0.186. The number of likely N-dealkylation sites (tertiary alicyclic amines) is 1. The van der Waals surface area contributed by atoms with E-state index in [0.29, 0.717) is 24.5 Å². The number of carbonyl (C=O) groups excluding carboxylic acids is 3. The predicted octanol–water partition coefficient (Wildman–Crippen LogP) is 0.278. The lowest BCUT2D eigenvalue weighted by Gasteiger charge is -2.30. The number of esters is 1. The van der Waals surface area contributed by atoms with Crippen molar-refractivity contribution in [1.29, 1.82) is 0 Å². The number of imide groups is 1. The lowest BCUT2D eigenvalue weighted by Crippen LogP contribution is -3.15. The molecular weight excluding hydrogens is 362 g/mol. The van der Waals surface area contributed by atoms with Gasteiger partial charge in [-0.15, -0.1) is 0 Å². The van der Waals surface area contributed by atoms with Crippen LogP contribution in [0.25, 0.3) is 0 Å². The van der Waals surface area contributed by atoms with Crippen LogP contribution < -0.4 is 15.0 Å². The molecule has 152 valence electrons. The third-order valence-corrected chi connectivity index (χ3v) is 5.54. The standard InChI is InChI=1S/C20H27N3O5/c1-4-28-17(24)14-7-6-10-22(12-14)13-23-18(25)20(2,21-19(23)26)15-8-5-9-16(11-15)27-3/h5,8-9,11,14H,4,6-7,10,12-13H2,1-3H3,(H,21,26)/p+1/t14-,20-/m1/s1. The van der Waals surface area contributed by atoms with E-state index in [4.69, 9.17) is 9.47 Å². The summed E-state index contributed by atoms with van der Waals surface area (Å²) in [6.07, 6.45) is 1.64. The molecule has 2 aliphatic heterocycles. The Morgan fingerprint density at radius 2 is 2.18 bits per heavy atom. The van der Waals surface area contributed by atoms with Gasteiger partial charge in [-0.3, -0.25) is 9.59 Å². The smallest absolute Gasteiger partial charge is 0.329 e. The van der Waals surface area contributed by atoms with Crippen LogP contribution in [0.15, 0.2) is 24.3 Å². The Morgan fingerprint density at radius 1 is 1.39 bits per heavy atom. The Bertz CT molecular complexity index is 768. The maximum Gasteiger partial charge on any atom is 0.329 e. The van der Waals surface area contributed by atoms with Crippen molar-refractivity contribution in [2.75, 3.05) is 33.5 Å². The highest BCUT2D eigenvalue weighted by molar-refractivity contribution is 6.07. The Hall–Kier alpha value is -2.61. The van der Waals surface area contributed by atoms with Crippen LogP contribution in [0.4, 0.5) is 4.79 Å². The molecule has 2 aliphatic rings. The van der Waals surface area contributed by atoms with Crippen molar-refractivity contribution < 1.29 is 28.8 Å². The zero-order chi connectivity index (χ0) is 20.3. The van der Waals surface area contributed by atoms with Gasteiger partial charge in [0.15, 0.2) is 6.67 Å². The molecule has 28 heavy (non-hydrogen) atoms. The number of piperidine rings is 1. The number of hydrogen-bond acceptors (Lipinski definition) is 5. The van der Waals surface area contributed by atoms with Crippen molar-refractivity contribution >= 4 is 17.9 Å². The number of urea groups is 1. The number of quaternary nitrogens is 1. The lowest BCUT2D eigenvalue weighted by molar-refractivity contribution is -0.914. The molecule has 1 aromatic carbocycles. The second-order valence-corrected chi connectivity index (χ2v) is 7.47. The third-order valence-electron chi connectivity index (χ3n) is 5.54. The molecule has 1 unspecified atom stereocenters. The van der Waals surface area contributed by atoms with Crippen LogP contribution in [-0.4, -0.2) is 56.3 Å². The largest absolute Gasteiger partial charge is 0.497 e. The monoisotopic (exact) mass is 390 g/mol. The van der Waals surface area contributed by atoms with Crippen molar-refractivity contribution in [3.8, 4) is 5.75 Å². The first-order chi connectivity index (χ1) is 13.4. The fourth-order valence-corrected chi connectivity index (χ4v) is 3.95. The highest BCUT2D eigenvalue weighted by Crippen LogP contribution is 2.30. The third kappa shape index (κ3) is 3.82. The summed E-state index contributed by atoms with van der Waals surface area (Å²) in [4.78, 5) is 40.0. The van der Waals surface area contributed by atoms with Gasteiger partial charge < -0.3 is 19.7 Å². The molecule has 3 amide bonds. The Balaban J connectivity index is 1.72. The van der Waals surface area contributed by atoms with Gasteiger partial charge in [-0.1, -0.05) is 12.1 Å². The van der Waals surface area contributed by atoms with Crippen LogP contribution in [0.2, 0.25) is 0 Å². The van der Waals surface area contributed by atoms with E-state index in [1.54, 1.807) is 45.2 Å². The van der Waals surface area contributed by atoms with Crippen LogP contribution in [0, 0.1) is 5.92 Å². The van der Waals surface area contributed by atoms with Crippen LogP contribution in [0.5, 0.6) is 5.75 Å². The number of nitrogens with one attached hydrogen (secondary N) is 2. The molecule has 0 spiro atoms. The zero-order valence-electron chi connectivity index (χ0n) is 16.6. The maximum absolute atomic E-state index is 13.1. The Morgan fingerprint density at radius 3 is 2.89 bits per heavy atom. The number of methoxy groups -OCH3 is 1. The summed E-state index contributed by atoms with van der Waals surface area (Å²) in [5.41, 5.74) is -0.466. The fourth-order valence-electron chi connectivity index (χ4n) is 3.95. The number of ether oxygens (including phenoxy) is 2. The van der Waals surface area contributed by atoms with Crippen molar-refractivity contribution in [2.45, 2.75) is 32.2 Å². The van der Waals surface area contributed by atoms with E-state index < -0.39 is 11.6 Å². The minimum atomic E-state index is -1.14. The quantitative estimate of drug-likeness (QED) is 0.538. The zero-order valence-corrected chi connectivity index (χ0v) is 16.6. The van der Waals surface area contributed by atoms with E-state index in [0.717, 1.165) is 24.3 Å². The van der Waals surface area contributed by atoms with Crippen LogP contribution in [0.1, 0.15) is 32.3 Å². The van der Waals surface area contributed by atoms with E-state index in [-0.39, 0.29) is 24.5 Å². The average molecular weight is 390 g/mol. The van der Waals surface area contributed by atoms with Gasteiger partial charge in [0.25, 0.3) is 5.91 Å². The fraction of sp³-hybridized carbons (Fsp3) is 0.550. The van der Waals surface area contributed by atoms with Gasteiger partial charge in [0, 0.05) is 0 Å². The van der Waals surface area contributed by atoms with E-state index in [1.165, 1.54) is 4.90 Å². The second kappa shape index (κ2) is 8.18. The molecule has 3 atom stereocenters. The topological polar surface area (TPSA) is 89.4 Å². The second-order valence-electron chi connectivity index (χ2n) is 7.47. The molecule has 0 saturated carbocycles. The number of nitrogens with zero attached hydrogens (tertiary/aromatic N) is 1. The molecule has 0 bridgehead atoms. The van der Waals surface area contributed by atoms with Gasteiger partial charge in [-0.2, -0.15) is 0 Å². The SMILES string of the molecule is CCOC(=O)[C@@H]1CCC[NH+](CN2C(=O)N[C@](C)(c3cccc(OC)c3)C2=O)C1. The highest BCUT2D eigenvalue weighted by Gasteiger charge is 2.50. The van der Waals surface area contributed by atoms with E-state index in [2.05, 4.69) is 5.32 Å². The van der Waals surface area contributed by atoms with Crippen molar-refractivity contribution in [1.82, 2.24) is 10.2 Å². The van der Waals surface area contributed by atoms with Gasteiger partial charge >= 0.3 is 12.0 Å². The summed E-state index contributed by atoms with van der Waals surface area (Å²) in [5, 5.41) is 2.82. The number of carbonyl (C=O) groups is 3. The highest BCUT2D eigenvalue weighted by atomic mass is 16.5. The van der Waals surface area contributed by atoms with Gasteiger partial charge in [-0.25, -0.2) is 9.69 Å². The number of amides is 3. The predicted molar refractivity (Wildman–Crippen MR) is 101 cm³/mol. The Labute approximate surface area is 164 Å².